The Morgan fingerprint density at radius 1 is 0.475 bits per heavy atom. The summed E-state index contributed by atoms with van der Waals surface area (Å²) in [4.78, 5) is 24.5. The van der Waals surface area contributed by atoms with Gasteiger partial charge in [0.05, 0.1) is 25.4 Å². The highest BCUT2D eigenvalue weighted by Gasteiger charge is 2.20. The molecule has 0 saturated heterocycles. The molecule has 0 bridgehead atoms. The monoisotopic (exact) mass is 832 g/mol. The summed E-state index contributed by atoms with van der Waals surface area (Å²) in [6.45, 7) is 4.87. The Hall–Kier alpha value is -1.66. The third-order valence-corrected chi connectivity index (χ3v) is 12.0. The summed E-state index contributed by atoms with van der Waals surface area (Å²) in [5.74, 6) is -0.0902. The largest absolute Gasteiger partial charge is 0.466 e. The molecule has 0 aromatic rings. The Balaban J connectivity index is 3.49. The first-order valence-electron chi connectivity index (χ1n) is 26.1. The van der Waals surface area contributed by atoms with Crippen molar-refractivity contribution < 1.29 is 24.5 Å². The van der Waals surface area contributed by atoms with E-state index in [1.54, 1.807) is 0 Å². The van der Waals surface area contributed by atoms with Crippen molar-refractivity contribution in [3.63, 3.8) is 0 Å². The van der Waals surface area contributed by atoms with Crippen LogP contribution in [0.25, 0.3) is 0 Å². The predicted molar refractivity (Wildman–Crippen MR) is 255 cm³/mol. The normalized spacial score (nSPS) is 12.8. The molecular formula is C53H101NO5. The Bertz CT molecular complexity index is 920. The average Bonchev–Trinajstić information content (AvgIpc) is 3.24. The lowest BCUT2D eigenvalue weighted by Gasteiger charge is -2.22. The van der Waals surface area contributed by atoms with Crippen molar-refractivity contribution >= 4 is 11.9 Å². The molecule has 0 aliphatic rings. The minimum atomic E-state index is -0.680. The molecule has 3 N–H and O–H groups in total. The Morgan fingerprint density at radius 2 is 0.847 bits per heavy atom. The number of carbonyl (C=O) groups is 2. The van der Waals surface area contributed by atoms with Crippen LogP contribution in [0.2, 0.25) is 0 Å². The lowest BCUT2D eigenvalue weighted by Crippen LogP contribution is -2.45. The average molecular weight is 832 g/mol. The molecule has 59 heavy (non-hydrogen) atoms. The number of hydrogen-bond donors (Lipinski definition) is 3. The van der Waals surface area contributed by atoms with Gasteiger partial charge in [0.25, 0.3) is 0 Å². The van der Waals surface area contributed by atoms with Gasteiger partial charge in [-0.25, -0.2) is 0 Å². The van der Waals surface area contributed by atoms with Crippen LogP contribution in [0.15, 0.2) is 24.3 Å². The molecule has 0 saturated carbocycles. The zero-order valence-corrected chi connectivity index (χ0v) is 39.5. The highest BCUT2D eigenvalue weighted by Crippen LogP contribution is 2.16. The maximum absolute atomic E-state index is 12.5. The summed E-state index contributed by atoms with van der Waals surface area (Å²) in [7, 11) is 0. The van der Waals surface area contributed by atoms with Crippen molar-refractivity contribution in [1.82, 2.24) is 5.32 Å². The van der Waals surface area contributed by atoms with Gasteiger partial charge in [-0.3, -0.25) is 9.59 Å². The Morgan fingerprint density at radius 3 is 1.32 bits per heavy atom. The zero-order valence-electron chi connectivity index (χ0n) is 39.5. The summed E-state index contributed by atoms with van der Waals surface area (Å²) in [5, 5.41) is 23.2. The molecule has 348 valence electrons. The van der Waals surface area contributed by atoms with Crippen molar-refractivity contribution in [2.45, 2.75) is 289 Å². The lowest BCUT2D eigenvalue weighted by atomic mass is 10.0. The maximum Gasteiger partial charge on any atom is 0.305 e. The van der Waals surface area contributed by atoms with Crippen molar-refractivity contribution in [3.8, 4) is 0 Å². The second kappa shape index (κ2) is 49.0. The molecule has 2 unspecified atom stereocenters. The topological polar surface area (TPSA) is 95.9 Å². The number of carbonyl (C=O) groups excluding carboxylic acids is 2. The van der Waals surface area contributed by atoms with Crippen LogP contribution >= 0.6 is 0 Å². The highest BCUT2D eigenvalue weighted by atomic mass is 16.5. The van der Waals surface area contributed by atoms with E-state index in [9.17, 15) is 19.8 Å². The molecule has 0 fully saturated rings. The van der Waals surface area contributed by atoms with Gasteiger partial charge in [-0.1, -0.05) is 231 Å². The molecule has 2 atom stereocenters. The number of ether oxygens (including phenoxy) is 1. The second-order valence-corrected chi connectivity index (χ2v) is 17.9. The van der Waals surface area contributed by atoms with Crippen molar-refractivity contribution in [1.29, 1.82) is 0 Å². The van der Waals surface area contributed by atoms with Crippen molar-refractivity contribution in [3.05, 3.63) is 24.3 Å². The summed E-state index contributed by atoms with van der Waals surface area (Å²) >= 11 is 0. The van der Waals surface area contributed by atoms with Crippen LogP contribution in [0.4, 0.5) is 0 Å². The van der Waals surface area contributed by atoms with Gasteiger partial charge in [-0.15, -0.1) is 0 Å². The van der Waals surface area contributed by atoms with Gasteiger partial charge in [0.2, 0.25) is 5.91 Å². The number of allylic oxidation sites excluding steroid dienone is 4. The van der Waals surface area contributed by atoms with Gasteiger partial charge in [-0.05, 0) is 57.8 Å². The zero-order chi connectivity index (χ0) is 43.0. The van der Waals surface area contributed by atoms with Gasteiger partial charge in [0.15, 0.2) is 0 Å². The molecule has 6 heteroatoms. The van der Waals surface area contributed by atoms with E-state index in [1.165, 1.54) is 173 Å². The Kier molecular flexibility index (Phi) is 47.6. The summed E-state index contributed by atoms with van der Waals surface area (Å²) in [6, 6.07) is -0.559. The minimum Gasteiger partial charge on any atom is -0.466 e. The SMILES string of the molecule is CCCCC/C=C\C/C=C\CCCCCCCC(=O)OCCCCCCCCCCCCC(=O)NC(CO)C(O)CCCCCCCCCCCCCCCCCCC. The molecule has 6 nitrogen and oxygen atoms in total. The van der Waals surface area contributed by atoms with Crippen LogP contribution in [0.3, 0.4) is 0 Å². The van der Waals surface area contributed by atoms with E-state index in [1.807, 2.05) is 0 Å². The van der Waals surface area contributed by atoms with Gasteiger partial charge in [0.1, 0.15) is 0 Å². The fourth-order valence-corrected chi connectivity index (χ4v) is 7.96. The van der Waals surface area contributed by atoms with E-state index in [-0.39, 0.29) is 18.5 Å². The number of esters is 1. The summed E-state index contributed by atoms with van der Waals surface area (Å²) in [5.41, 5.74) is 0. The van der Waals surface area contributed by atoms with E-state index < -0.39 is 12.1 Å². The van der Waals surface area contributed by atoms with Crippen molar-refractivity contribution in [2.24, 2.45) is 0 Å². The van der Waals surface area contributed by atoms with Gasteiger partial charge >= 0.3 is 5.97 Å². The number of nitrogens with one attached hydrogen (secondary N) is 1. The van der Waals surface area contributed by atoms with Gasteiger partial charge in [-0.2, -0.15) is 0 Å². The molecule has 1 amide bonds. The number of aliphatic hydroxyl groups is 2. The van der Waals surface area contributed by atoms with Crippen LogP contribution in [-0.2, 0) is 14.3 Å². The first-order chi connectivity index (χ1) is 29.0. The van der Waals surface area contributed by atoms with Crippen LogP contribution in [0, 0.1) is 0 Å². The van der Waals surface area contributed by atoms with Crippen LogP contribution in [0.5, 0.6) is 0 Å². The predicted octanol–water partition coefficient (Wildman–Crippen LogP) is 15.5. The third kappa shape index (κ3) is 45.7. The quantitative estimate of drug-likeness (QED) is 0.0322. The molecule has 0 aliphatic carbocycles. The van der Waals surface area contributed by atoms with Gasteiger partial charge < -0.3 is 20.3 Å². The summed E-state index contributed by atoms with van der Waals surface area (Å²) in [6.07, 6.45) is 57.1. The molecule has 0 radical (unpaired) electrons. The van der Waals surface area contributed by atoms with E-state index in [2.05, 4.69) is 43.5 Å². The van der Waals surface area contributed by atoms with Crippen LogP contribution in [0.1, 0.15) is 277 Å². The van der Waals surface area contributed by atoms with E-state index in [0.717, 1.165) is 70.6 Å². The number of aliphatic hydroxyl groups excluding tert-OH is 2. The first-order valence-corrected chi connectivity index (χ1v) is 26.1. The molecule has 0 heterocycles. The fraction of sp³-hybridized carbons (Fsp3) is 0.887. The van der Waals surface area contributed by atoms with E-state index in [0.29, 0.717) is 25.9 Å². The first kappa shape index (κ1) is 57.3. The second-order valence-electron chi connectivity index (χ2n) is 17.9. The highest BCUT2D eigenvalue weighted by molar-refractivity contribution is 5.76. The number of unbranched alkanes of at least 4 members (excludes halogenated alkanes) is 33. The number of hydrogen-bond acceptors (Lipinski definition) is 5. The van der Waals surface area contributed by atoms with E-state index in [4.69, 9.17) is 4.74 Å². The smallest absolute Gasteiger partial charge is 0.305 e. The lowest BCUT2D eigenvalue weighted by molar-refractivity contribution is -0.143. The molecule has 0 rings (SSSR count). The molecular weight excluding hydrogens is 731 g/mol. The Labute approximate surface area is 367 Å². The number of amides is 1. The molecule has 0 aromatic heterocycles. The number of rotatable bonds is 48. The molecule has 0 aliphatic heterocycles. The van der Waals surface area contributed by atoms with Crippen LogP contribution in [-0.4, -0.2) is 47.4 Å². The van der Waals surface area contributed by atoms with Crippen LogP contribution < -0.4 is 5.32 Å². The third-order valence-electron chi connectivity index (χ3n) is 12.0. The van der Waals surface area contributed by atoms with E-state index >= 15 is 0 Å². The molecule has 0 aromatic carbocycles. The summed E-state index contributed by atoms with van der Waals surface area (Å²) < 4.78 is 5.45. The fourth-order valence-electron chi connectivity index (χ4n) is 7.96. The van der Waals surface area contributed by atoms with Gasteiger partial charge in [0, 0.05) is 12.8 Å². The molecule has 0 spiro atoms. The standard InChI is InChI=1S/C53H101NO5/c1-3-5-7-9-11-13-15-17-19-20-22-23-25-29-33-37-41-45-51(56)50(49-55)54-52(57)46-42-38-34-30-27-28-32-36-40-44-48-59-53(58)47-43-39-35-31-26-24-21-18-16-14-12-10-8-6-4-2/h12,14,18,21,50-51,55-56H,3-11,13,15-17,19-20,22-49H2,1-2H3,(H,54,57)/b14-12-,21-18-. The van der Waals surface area contributed by atoms with Crippen molar-refractivity contribution in [2.75, 3.05) is 13.2 Å². The minimum absolute atomic E-state index is 0.0325. The maximum atomic E-state index is 12.5.